The van der Waals surface area contributed by atoms with Gasteiger partial charge in [0.1, 0.15) is 0 Å². The first-order valence-electron chi connectivity index (χ1n) is 2.93. The molecule has 0 spiro atoms. The van der Waals surface area contributed by atoms with Gasteiger partial charge in [0, 0.05) is 19.4 Å². The molecular formula is C6H13O2P. The highest BCUT2D eigenvalue weighted by Gasteiger charge is 2.14. The van der Waals surface area contributed by atoms with Crippen LogP contribution in [0.5, 0.6) is 0 Å². The van der Waals surface area contributed by atoms with Crippen molar-refractivity contribution in [3.63, 3.8) is 0 Å². The molecule has 0 aliphatic rings. The van der Waals surface area contributed by atoms with Crippen molar-refractivity contribution in [2.24, 2.45) is 0 Å². The van der Waals surface area contributed by atoms with Gasteiger partial charge in [-0.2, -0.15) is 0 Å². The van der Waals surface area contributed by atoms with Crippen LogP contribution in [-0.2, 0) is 9.09 Å². The first-order chi connectivity index (χ1) is 4.18. The third kappa shape index (κ3) is 2.83. The van der Waals surface area contributed by atoms with Gasteiger partial charge in [-0.3, -0.25) is 4.57 Å². The van der Waals surface area contributed by atoms with Crippen LogP contribution in [0.25, 0.3) is 0 Å². The fraction of sp³-hybridized carbons (Fsp3) is 0.667. The van der Waals surface area contributed by atoms with Crippen molar-refractivity contribution in [1.29, 1.82) is 0 Å². The third-order valence-corrected chi connectivity index (χ3v) is 3.67. The molecule has 0 amide bonds. The molecule has 0 aliphatic carbocycles. The second kappa shape index (κ2) is 3.86. The van der Waals surface area contributed by atoms with Crippen LogP contribution in [0.1, 0.15) is 6.92 Å². The van der Waals surface area contributed by atoms with Gasteiger partial charge < -0.3 is 4.52 Å². The maximum atomic E-state index is 11.3. The van der Waals surface area contributed by atoms with Crippen molar-refractivity contribution in [2.75, 3.05) is 19.4 Å². The first kappa shape index (κ1) is 8.93. The minimum absolute atomic E-state index is 0.486. The quantitative estimate of drug-likeness (QED) is 0.451. The van der Waals surface area contributed by atoms with E-state index in [4.69, 9.17) is 4.52 Å². The Hall–Kier alpha value is -0.0700. The summed E-state index contributed by atoms with van der Waals surface area (Å²) in [7, 11) is -0.819. The summed E-state index contributed by atoms with van der Waals surface area (Å²) >= 11 is 0. The molecule has 0 aromatic rings. The van der Waals surface area contributed by atoms with E-state index in [1.165, 1.54) is 7.11 Å². The Kier molecular flexibility index (Phi) is 3.83. The standard InChI is InChI=1S/C6H13O2P/c1-4-6-9(7,5-2)8-3/h4H,1,5-6H2,2-3H3. The summed E-state index contributed by atoms with van der Waals surface area (Å²) < 4.78 is 16.1. The fourth-order valence-electron chi connectivity index (χ4n) is 0.529. The highest BCUT2D eigenvalue weighted by atomic mass is 31.2. The Labute approximate surface area is 56.4 Å². The van der Waals surface area contributed by atoms with Crippen molar-refractivity contribution in [3.05, 3.63) is 12.7 Å². The summed E-state index contributed by atoms with van der Waals surface area (Å²) in [6, 6.07) is 0. The van der Waals surface area contributed by atoms with E-state index in [0.717, 1.165) is 0 Å². The number of rotatable bonds is 4. The molecule has 0 rings (SSSR count). The summed E-state index contributed by atoms with van der Waals surface area (Å²) in [6.07, 6.45) is 2.71. The molecule has 9 heavy (non-hydrogen) atoms. The fourth-order valence-corrected chi connectivity index (χ4v) is 1.59. The molecule has 54 valence electrons. The summed E-state index contributed by atoms with van der Waals surface area (Å²) in [5.74, 6) is 0. The maximum Gasteiger partial charge on any atom is 0.206 e. The lowest BCUT2D eigenvalue weighted by atomic mass is 10.8. The summed E-state index contributed by atoms with van der Waals surface area (Å²) in [4.78, 5) is 0. The minimum Gasteiger partial charge on any atom is -0.332 e. The van der Waals surface area contributed by atoms with Gasteiger partial charge in [0.15, 0.2) is 0 Å². The van der Waals surface area contributed by atoms with E-state index >= 15 is 0 Å². The smallest absolute Gasteiger partial charge is 0.206 e. The predicted molar refractivity (Wildman–Crippen MR) is 40.2 cm³/mol. The van der Waals surface area contributed by atoms with Crippen LogP contribution in [0.2, 0.25) is 0 Å². The van der Waals surface area contributed by atoms with Crippen molar-refractivity contribution in [3.8, 4) is 0 Å². The van der Waals surface area contributed by atoms with E-state index in [1.54, 1.807) is 6.08 Å². The molecule has 0 fully saturated rings. The Balaban J connectivity index is 3.93. The Bertz CT molecular complexity index is 123. The molecule has 0 N–H and O–H groups in total. The van der Waals surface area contributed by atoms with Gasteiger partial charge in [-0.1, -0.05) is 13.0 Å². The van der Waals surface area contributed by atoms with Gasteiger partial charge in [0.25, 0.3) is 0 Å². The highest BCUT2D eigenvalue weighted by Crippen LogP contribution is 2.44. The van der Waals surface area contributed by atoms with E-state index in [2.05, 4.69) is 6.58 Å². The lowest BCUT2D eigenvalue weighted by molar-refractivity contribution is 0.397. The van der Waals surface area contributed by atoms with E-state index < -0.39 is 7.37 Å². The molecule has 0 bridgehead atoms. The largest absolute Gasteiger partial charge is 0.332 e. The van der Waals surface area contributed by atoms with Crippen molar-refractivity contribution in [1.82, 2.24) is 0 Å². The monoisotopic (exact) mass is 148 g/mol. The summed E-state index contributed by atoms with van der Waals surface area (Å²) in [6.45, 7) is 5.34. The van der Waals surface area contributed by atoms with Gasteiger partial charge in [-0.05, 0) is 0 Å². The topological polar surface area (TPSA) is 26.3 Å². The van der Waals surface area contributed by atoms with E-state index in [-0.39, 0.29) is 0 Å². The zero-order valence-electron chi connectivity index (χ0n) is 5.96. The zero-order chi connectivity index (χ0) is 7.33. The van der Waals surface area contributed by atoms with E-state index in [1.807, 2.05) is 6.92 Å². The summed E-state index contributed by atoms with van der Waals surface area (Å²) in [5.41, 5.74) is 0. The molecule has 3 heteroatoms. The van der Waals surface area contributed by atoms with E-state index in [9.17, 15) is 4.57 Å². The minimum atomic E-state index is -2.30. The number of hydrogen-bond donors (Lipinski definition) is 0. The van der Waals surface area contributed by atoms with Crippen LogP contribution in [0, 0.1) is 0 Å². The van der Waals surface area contributed by atoms with Crippen molar-refractivity contribution >= 4 is 7.37 Å². The van der Waals surface area contributed by atoms with Crippen molar-refractivity contribution < 1.29 is 9.09 Å². The average molecular weight is 148 g/mol. The zero-order valence-corrected chi connectivity index (χ0v) is 6.86. The Morgan fingerprint density at radius 3 is 2.44 bits per heavy atom. The molecule has 0 aromatic heterocycles. The predicted octanol–water partition coefficient (Wildman–Crippen LogP) is 2.12. The second-order valence-electron chi connectivity index (χ2n) is 1.78. The van der Waals surface area contributed by atoms with Crippen LogP contribution in [-0.4, -0.2) is 19.4 Å². The summed E-state index contributed by atoms with van der Waals surface area (Å²) in [5, 5.41) is 0. The molecule has 0 saturated heterocycles. The molecule has 2 nitrogen and oxygen atoms in total. The first-order valence-corrected chi connectivity index (χ1v) is 4.92. The molecule has 0 aromatic carbocycles. The van der Waals surface area contributed by atoms with Gasteiger partial charge >= 0.3 is 0 Å². The SMILES string of the molecule is C=CCP(=O)(CC)OC. The highest BCUT2D eigenvalue weighted by molar-refractivity contribution is 7.59. The number of allylic oxidation sites excluding steroid dienone is 1. The van der Waals surface area contributed by atoms with Crippen LogP contribution >= 0.6 is 7.37 Å². The van der Waals surface area contributed by atoms with Gasteiger partial charge in [0.2, 0.25) is 7.37 Å². The molecule has 0 saturated carbocycles. The average Bonchev–Trinajstić information content (AvgIpc) is 1.89. The normalized spacial score (nSPS) is 16.7. The maximum absolute atomic E-state index is 11.3. The van der Waals surface area contributed by atoms with Crippen LogP contribution in [0.4, 0.5) is 0 Å². The van der Waals surface area contributed by atoms with Gasteiger partial charge in [0.05, 0.1) is 0 Å². The molecule has 1 atom stereocenters. The van der Waals surface area contributed by atoms with Crippen LogP contribution in [0.3, 0.4) is 0 Å². The van der Waals surface area contributed by atoms with Crippen LogP contribution in [0.15, 0.2) is 12.7 Å². The van der Waals surface area contributed by atoms with Gasteiger partial charge in [-0.25, -0.2) is 0 Å². The molecular weight excluding hydrogens is 135 g/mol. The molecule has 1 unspecified atom stereocenters. The lowest BCUT2D eigenvalue weighted by Crippen LogP contribution is -1.91. The number of hydrogen-bond acceptors (Lipinski definition) is 2. The van der Waals surface area contributed by atoms with Crippen LogP contribution < -0.4 is 0 Å². The lowest BCUT2D eigenvalue weighted by Gasteiger charge is -2.09. The third-order valence-electron chi connectivity index (χ3n) is 1.22. The van der Waals surface area contributed by atoms with Crippen molar-refractivity contribution in [2.45, 2.75) is 6.92 Å². The van der Waals surface area contributed by atoms with Gasteiger partial charge in [-0.15, -0.1) is 6.58 Å². The van der Waals surface area contributed by atoms with E-state index in [0.29, 0.717) is 12.3 Å². The molecule has 0 heterocycles. The Morgan fingerprint density at radius 2 is 2.33 bits per heavy atom. The molecule has 0 aliphatic heterocycles. The Morgan fingerprint density at radius 1 is 1.78 bits per heavy atom. The second-order valence-corrected chi connectivity index (χ2v) is 4.78. The molecule has 0 radical (unpaired) electrons.